The summed E-state index contributed by atoms with van der Waals surface area (Å²) in [6.45, 7) is 2.74. The van der Waals surface area contributed by atoms with Crippen LogP contribution in [0.3, 0.4) is 0 Å². The molecular weight excluding hydrogens is 370 g/mol. The normalized spacial score (nSPS) is 22.9. The minimum absolute atomic E-state index is 0.0631. The van der Waals surface area contributed by atoms with Crippen LogP contribution in [0.5, 0.6) is 0 Å². The zero-order valence-corrected chi connectivity index (χ0v) is 14.0. The molecule has 1 amide bonds. The lowest BCUT2D eigenvalue weighted by atomic mass is 9.98. The van der Waals surface area contributed by atoms with E-state index in [0.717, 1.165) is 12.5 Å². The highest BCUT2D eigenvalue weighted by Gasteiger charge is 2.26. The Morgan fingerprint density at radius 2 is 2.25 bits per heavy atom. The molecule has 0 aliphatic heterocycles. The van der Waals surface area contributed by atoms with Gasteiger partial charge in [0.05, 0.1) is 0 Å². The van der Waals surface area contributed by atoms with Crippen LogP contribution in [0.2, 0.25) is 0 Å². The van der Waals surface area contributed by atoms with E-state index in [2.05, 4.69) is 28.2 Å². The van der Waals surface area contributed by atoms with Crippen LogP contribution in [0, 0.1) is 11.8 Å². The van der Waals surface area contributed by atoms with Gasteiger partial charge < -0.3 is 9.73 Å². The molecule has 20 heavy (non-hydrogen) atoms. The molecule has 1 aliphatic rings. The SMILES string of the molecule is CC1CCCC1CNC(=O)c1cc(S(=O)(=O)Cl)c(Br)o1. The number of hydrogen-bond donors (Lipinski definition) is 1. The number of halogens is 2. The summed E-state index contributed by atoms with van der Waals surface area (Å²) in [5.74, 6) is 0.559. The molecular formula is C12H15BrClNO4S. The Morgan fingerprint density at radius 1 is 1.55 bits per heavy atom. The van der Waals surface area contributed by atoms with E-state index in [4.69, 9.17) is 15.1 Å². The van der Waals surface area contributed by atoms with E-state index in [9.17, 15) is 13.2 Å². The maximum atomic E-state index is 11.9. The van der Waals surface area contributed by atoms with E-state index in [1.807, 2.05) is 0 Å². The average Bonchev–Trinajstić information content (AvgIpc) is 2.92. The molecule has 1 aromatic rings. The molecule has 0 radical (unpaired) electrons. The molecule has 1 aliphatic carbocycles. The van der Waals surface area contributed by atoms with E-state index in [1.165, 1.54) is 12.8 Å². The maximum Gasteiger partial charge on any atom is 0.287 e. The van der Waals surface area contributed by atoms with Crippen molar-refractivity contribution in [3.05, 3.63) is 16.5 Å². The smallest absolute Gasteiger partial charge is 0.287 e. The average molecular weight is 385 g/mol. The minimum Gasteiger partial charge on any atom is -0.443 e. The summed E-state index contributed by atoms with van der Waals surface area (Å²) in [7, 11) is 1.30. The number of carbonyl (C=O) groups excluding carboxylic acids is 1. The zero-order chi connectivity index (χ0) is 14.9. The first-order valence-corrected chi connectivity index (χ1v) is 9.41. The highest BCUT2D eigenvalue weighted by molar-refractivity contribution is 9.10. The zero-order valence-electron chi connectivity index (χ0n) is 10.9. The minimum atomic E-state index is -3.93. The fourth-order valence-corrected chi connectivity index (χ4v) is 4.50. The van der Waals surface area contributed by atoms with Crippen LogP contribution >= 0.6 is 26.6 Å². The van der Waals surface area contributed by atoms with Gasteiger partial charge in [0.1, 0.15) is 4.90 Å². The molecule has 1 fully saturated rings. The molecule has 2 atom stereocenters. The third kappa shape index (κ3) is 3.56. The Labute approximate surface area is 130 Å². The van der Waals surface area contributed by atoms with Gasteiger partial charge in [0.15, 0.2) is 10.4 Å². The van der Waals surface area contributed by atoms with Crippen molar-refractivity contribution in [1.29, 1.82) is 0 Å². The van der Waals surface area contributed by atoms with Gasteiger partial charge in [-0.15, -0.1) is 0 Å². The summed E-state index contributed by atoms with van der Waals surface area (Å²) >= 11 is 2.94. The molecule has 1 saturated carbocycles. The Hall–Kier alpha value is -0.530. The number of amides is 1. The predicted molar refractivity (Wildman–Crippen MR) is 78.3 cm³/mol. The van der Waals surface area contributed by atoms with Crippen LogP contribution in [-0.4, -0.2) is 20.9 Å². The molecule has 8 heteroatoms. The largest absolute Gasteiger partial charge is 0.443 e. The molecule has 0 saturated heterocycles. The van der Waals surface area contributed by atoms with Gasteiger partial charge >= 0.3 is 0 Å². The molecule has 112 valence electrons. The van der Waals surface area contributed by atoms with Crippen LogP contribution in [0.15, 0.2) is 20.0 Å². The highest BCUT2D eigenvalue weighted by atomic mass is 79.9. The van der Waals surface area contributed by atoms with Crippen LogP contribution in [-0.2, 0) is 9.05 Å². The molecule has 0 aromatic carbocycles. The molecule has 2 unspecified atom stereocenters. The van der Waals surface area contributed by atoms with Crippen molar-refractivity contribution in [3.63, 3.8) is 0 Å². The Balaban J connectivity index is 2.03. The first-order chi connectivity index (χ1) is 9.29. The number of carbonyl (C=O) groups is 1. The molecule has 1 heterocycles. The van der Waals surface area contributed by atoms with Gasteiger partial charge in [-0.05, 0) is 34.2 Å². The van der Waals surface area contributed by atoms with E-state index < -0.39 is 15.0 Å². The topological polar surface area (TPSA) is 76.4 Å². The van der Waals surface area contributed by atoms with E-state index in [1.54, 1.807) is 0 Å². The monoisotopic (exact) mass is 383 g/mol. The van der Waals surface area contributed by atoms with Crippen molar-refractivity contribution in [2.45, 2.75) is 31.1 Å². The fourth-order valence-electron chi connectivity index (χ4n) is 2.47. The van der Waals surface area contributed by atoms with Crippen molar-refractivity contribution < 1.29 is 17.6 Å². The summed E-state index contributed by atoms with van der Waals surface area (Å²) in [5, 5.41) is 2.77. The highest BCUT2D eigenvalue weighted by Crippen LogP contribution is 2.31. The predicted octanol–water partition coefficient (Wildman–Crippen LogP) is 3.14. The molecule has 1 N–H and O–H groups in total. The van der Waals surface area contributed by atoms with Crippen LogP contribution in [0.4, 0.5) is 0 Å². The van der Waals surface area contributed by atoms with Crippen LogP contribution in [0.1, 0.15) is 36.7 Å². The summed E-state index contributed by atoms with van der Waals surface area (Å²) in [6, 6.07) is 1.12. The van der Waals surface area contributed by atoms with Crippen molar-refractivity contribution >= 4 is 41.6 Å². The van der Waals surface area contributed by atoms with Crippen molar-refractivity contribution in [2.75, 3.05) is 6.54 Å². The molecule has 0 spiro atoms. The first kappa shape index (κ1) is 15.9. The van der Waals surface area contributed by atoms with Gasteiger partial charge in [0, 0.05) is 23.3 Å². The van der Waals surface area contributed by atoms with E-state index in [0.29, 0.717) is 18.4 Å². The fraction of sp³-hybridized carbons (Fsp3) is 0.583. The molecule has 1 aromatic heterocycles. The van der Waals surface area contributed by atoms with Gasteiger partial charge in [-0.1, -0.05) is 19.8 Å². The lowest BCUT2D eigenvalue weighted by Gasteiger charge is -2.15. The van der Waals surface area contributed by atoms with Gasteiger partial charge in [-0.25, -0.2) is 8.42 Å². The summed E-state index contributed by atoms with van der Waals surface area (Å²) in [5.41, 5.74) is 0. The van der Waals surface area contributed by atoms with E-state index >= 15 is 0 Å². The maximum absolute atomic E-state index is 11.9. The summed E-state index contributed by atoms with van der Waals surface area (Å²) in [6.07, 6.45) is 3.47. The standard InChI is InChI=1S/C12H15BrClNO4S/c1-7-3-2-4-8(7)6-15-12(16)9-5-10(11(13)19-9)20(14,17)18/h5,7-8H,2-4,6H2,1H3,(H,15,16). The second kappa shape index (κ2) is 6.07. The lowest BCUT2D eigenvalue weighted by molar-refractivity contribution is 0.0915. The molecule has 0 bridgehead atoms. The molecule has 5 nitrogen and oxygen atoms in total. The third-order valence-electron chi connectivity index (χ3n) is 3.71. The number of furan rings is 1. The van der Waals surface area contributed by atoms with Gasteiger partial charge in [-0.2, -0.15) is 0 Å². The quantitative estimate of drug-likeness (QED) is 0.809. The number of rotatable bonds is 4. The summed E-state index contributed by atoms with van der Waals surface area (Å²) in [4.78, 5) is 11.7. The Kier molecular flexibility index (Phi) is 4.81. The van der Waals surface area contributed by atoms with Crippen molar-refractivity contribution in [3.8, 4) is 0 Å². The van der Waals surface area contributed by atoms with Crippen molar-refractivity contribution in [1.82, 2.24) is 5.32 Å². The van der Waals surface area contributed by atoms with Gasteiger partial charge in [0.25, 0.3) is 15.0 Å². The van der Waals surface area contributed by atoms with Gasteiger partial charge in [0.2, 0.25) is 0 Å². The number of nitrogens with one attached hydrogen (secondary N) is 1. The lowest BCUT2D eigenvalue weighted by Crippen LogP contribution is -2.30. The first-order valence-electron chi connectivity index (χ1n) is 6.31. The van der Waals surface area contributed by atoms with Crippen LogP contribution < -0.4 is 5.32 Å². The van der Waals surface area contributed by atoms with E-state index in [-0.39, 0.29) is 15.3 Å². The second-order valence-corrected chi connectivity index (χ2v) is 8.32. The summed E-state index contributed by atoms with van der Waals surface area (Å²) < 4.78 is 27.5. The van der Waals surface area contributed by atoms with Crippen LogP contribution in [0.25, 0.3) is 0 Å². The second-order valence-electron chi connectivity index (χ2n) is 5.06. The van der Waals surface area contributed by atoms with Gasteiger partial charge in [-0.3, -0.25) is 4.79 Å². The van der Waals surface area contributed by atoms with Crippen molar-refractivity contribution in [2.24, 2.45) is 11.8 Å². The third-order valence-corrected chi connectivity index (χ3v) is 5.88. The Morgan fingerprint density at radius 3 is 2.75 bits per heavy atom. The Bertz CT molecular complexity index is 613. The molecule has 2 rings (SSSR count). The number of hydrogen-bond acceptors (Lipinski definition) is 4.